The van der Waals surface area contributed by atoms with Crippen LogP contribution in [0.2, 0.25) is 0 Å². The molecule has 0 fully saturated rings. The monoisotopic (exact) mass is 412 g/mol. The van der Waals surface area contributed by atoms with Crippen molar-refractivity contribution in [2.75, 3.05) is 5.32 Å². The molecule has 0 aliphatic heterocycles. The Morgan fingerprint density at radius 2 is 1.45 bits per heavy atom. The molecule has 0 heterocycles. The molecule has 2 atom stereocenters. The molecule has 0 saturated heterocycles. The molecule has 2 aliphatic carbocycles. The number of anilines is 1. The molecule has 0 bridgehead atoms. The molecule has 5 N–H and O–H groups in total. The zero-order valence-corrected chi connectivity index (χ0v) is 15.7. The Balaban J connectivity index is 1.90. The first-order chi connectivity index (χ1) is 13.7. The van der Waals surface area contributed by atoms with E-state index in [0.29, 0.717) is 5.69 Å². The summed E-state index contributed by atoms with van der Waals surface area (Å²) >= 11 is 0. The minimum Gasteiger partial charge on any atom is -0.508 e. The molecule has 4 rings (SSSR count). The van der Waals surface area contributed by atoms with E-state index in [-0.39, 0.29) is 34.1 Å². The van der Waals surface area contributed by atoms with Crippen LogP contribution in [-0.2, 0) is 10.1 Å². The Morgan fingerprint density at radius 1 is 0.897 bits per heavy atom. The first-order valence-electron chi connectivity index (χ1n) is 8.60. The molecule has 0 saturated carbocycles. The van der Waals surface area contributed by atoms with Gasteiger partial charge >= 0.3 is 0 Å². The van der Waals surface area contributed by atoms with Crippen molar-refractivity contribution in [3.63, 3.8) is 0 Å². The Labute approximate surface area is 166 Å². The number of nitrogens with one attached hydrogen (secondary N) is 1. The summed E-state index contributed by atoms with van der Waals surface area (Å²) in [6.45, 7) is 0. The average Bonchev–Trinajstić information content (AvgIpc) is 2.68. The molecule has 2 aliphatic rings. The van der Waals surface area contributed by atoms with Gasteiger partial charge in [-0.05, 0) is 30.3 Å². The number of phenolic OH excluding ortho intramolecular Hbond substituents is 1. The fourth-order valence-corrected chi connectivity index (χ4v) is 4.41. The summed E-state index contributed by atoms with van der Waals surface area (Å²) in [5, 5.41) is 12.4. The minimum absolute atomic E-state index is 0.0201. The maximum Gasteiger partial charge on any atom is 0.296 e. The van der Waals surface area contributed by atoms with E-state index < -0.39 is 32.6 Å². The largest absolute Gasteiger partial charge is 0.508 e. The van der Waals surface area contributed by atoms with Gasteiger partial charge in [0.1, 0.15) is 10.7 Å². The average molecular weight is 412 g/mol. The van der Waals surface area contributed by atoms with Crippen LogP contribution in [-0.4, -0.2) is 29.6 Å². The number of allylic oxidation sites excluding steroid dienone is 3. The van der Waals surface area contributed by atoms with Crippen molar-refractivity contribution >= 4 is 27.4 Å². The maximum atomic E-state index is 13.2. The van der Waals surface area contributed by atoms with Gasteiger partial charge in [0.25, 0.3) is 10.1 Å². The second kappa shape index (κ2) is 6.57. The van der Waals surface area contributed by atoms with Gasteiger partial charge in [-0.3, -0.25) is 14.1 Å². The van der Waals surface area contributed by atoms with Crippen molar-refractivity contribution in [3.8, 4) is 5.75 Å². The molecule has 0 spiro atoms. The third-order valence-electron chi connectivity index (χ3n) is 5.03. The molecular weight excluding hydrogens is 396 g/mol. The molecule has 0 radical (unpaired) electrons. The number of Topliss-reactive ketones (excluding diaryl/α,β-unsaturated/α-hetero) is 2. The Hall–Kier alpha value is -3.43. The lowest BCUT2D eigenvalue weighted by atomic mass is 9.69. The highest BCUT2D eigenvalue weighted by Crippen LogP contribution is 2.42. The topological polar surface area (TPSA) is 147 Å². The summed E-state index contributed by atoms with van der Waals surface area (Å²) in [6.07, 6.45) is 1.07. The van der Waals surface area contributed by atoms with Gasteiger partial charge in [-0.2, -0.15) is 8.42 Å². The lowest BCUT2D eigenvalue weighted by Crippen LogP contribution is -2.44. The van der Waals surface area contributed by atoms with Crippen LogP contribution >= 0.6 is 0 Å². The third kappa shape index (κ3) is 3.10. The van der Waals surface area contributed by atoms with E-state index in [1.165, 1.54) is 36.4 Å². The predicted octanol–water partition coefficient (Wildman–Crippen LogP) is 2.07. The Kier molecular flexibility index (Phi) is 4.29. The van der Waals surface area contributed by atoms with Gasteiger partial charge in [0, 0.05) is 28.2 Å². The van der Waals surface area contributed by atoms with Gasteiger partial charge in [-0.25, -0.2) is 0 Å². The molecule has 2 aromatic carbocycles. The number of fused-ring (bicyclic) bond motifs is 2. The van der Waals surface area contributed by atoms with E-state index in [0.717, 1.165) is 6.08 Å². The van der Waals surface area contributed by atoms with Crippen molar-refractivity contribution in [2.24, 2.45) is 17.6 Å². The molecule has 2 unspecified atom stereocenters. The zero-order chi connectivity index (χ0) is 20.9. The number of hydrogen-bond donors (Lipinski definition) is 4. The molecule has 0 amide bonds. The third-order valence-corrected chi connectivity index (χ3v) is 5.94. The summed E-state index contributed by atoms with van der Waals surface area (Å²) in [6, 6.07) is 12.1. The Bertz CT molecular complexity index is 1210. The van der Waals surface area contributed by atoms with E-state index in [9.17, 15) is 27.7 Å². The zero-order valence-electron chi connectivity index (χ0n) is 14.9. The normalized spacial score (nSPS) is 21.3. The first kappa shape index (κ1) is 18.9. The number of phenols is 1. The highest BCUT2D eigenvalue weighted by atomic mass is 32.2. The fraction of sp³-hybridized carbons (Fsp3) is 0.100. The number of nitrogens with two attached hydrogens (primary N) is 1. The van der Waals surface area contributed by atoms with Crippen molar-refractivity contribution in [2.45, 2.75) is 0 Å². The van der Waals surface area contributed by atoms with Gasteiger partial charge in [0.15, 0.2) is 11.6 Å². The molecule has 148 valence electrons. The summed E-state index contributed by atoms with van der Waals surface area (Å²) < 4.78 is 33.3. The number of benzene rings is 2. The molecule has 29 heavy (non-hydrogen) atoms. The van der Waals surface area contributed by atoms with Crippen molar-refractivity contribution in [3.05, 3.63) is 82.0 Å². The number of hydrogen-bond acceptors (Lipinski definition) is 7. The molecular formula is C20H16N2O6S. The molecule has 0 aromatic heterocycles. The molecule has 8 nitrogen and oxygen atoms in total. The lowest BCUT2D eigenvalue weighted by Gasteiger charge is -2.36. The maximum absolute atomic E-state index is 13.2. The van der Waals surface area contributed by atoms with Crippen LogP contribution in [0.15, 0.2) is 70.9 Å². The van der Waals surface area contributed by atoms with Crippen molar-refractivity contribution < 1.29 is 27.7 Å². The van der Waals surface area contributed by atoms with Gasteiger partial charge in [0.2, 0.25) is 0 Å². The van der Waals surface area contributed by atoms with Crippen LogP contribution in [0.5, 0.6) is 5.75 Å². The van der Waals surface area contributed by atoms with Gasteiger partial charge in [-0.1, -0.05) is 24.3 Å². The van der Waals surface area contributed by atoms with Crippen LogP contribution in [0.1, 0.15) is 20.7 Å². The SMILES string of the molecule is NC1=C(S(=O)(=O)O)C=C(Nc2ccc(O)cc2)C2C(=O)c3ccccc3C(=O)C12. The fourth-order valence-electron chi connectivity index (χ4n) is 3.71. The van der Waals surface area contributed by atoms with Crippen LogP contribution in [0.4, 0.5) is 5.69 Å². The van der Waals surface area contributed by atoms with Crippen LogP contribution < -0.4 is 11.1 Å². The summed E-state index contributed by atoms with van der Waals surface area (Å²) in [7, 11) is -4.74. The van der Waals surface area contributed by atoms with Gasteiger partial charge in [0.05, 0.1) is 11.8 Å². The second-order valence-corrected chi connectivity index (χ2v) is 8.19. The predicted molar refractivity (Wildman–Crippen MR) is 105 cm³/mol. The van der Waals surface area contributed by atoms with E-state index in [1.807, 2.05) is 0 Å². The highest BCUT2D eigenvalue weighted by Gasteiger charge is 2.48. The standard InChI is InChI=1S/C20H16N2O6S/c21-18-15(29(26,27)28)9-14(22-10-5-7-11(23)8-6-10)16-17(18)20(25)13-4-2-1-3-12(13)19(16)24/h1-9,16-17,22-23H,21H2,(H,26,27,28). The van der Waals surface area contributed by atoms with E-state index in [2.05, 4.69) is 5.32 Å². The molecule has 2 aromatic rings. The number of rotatable bonds is 3. The van der Waals surface area contributed by atoms with Crippen LogP contribution in [0, 0.1) is 11.8 Å². The summed E-state index contributed by atoms with van der Waals surface area (Å²) in [4.78, 5) is 25.7. The number of aromatic hydroxyl groups is 1. The minimum atomic E-state index is -4.74. The number of ketones is 2. The Morgan fingerprint density at radius 3 is 2.00 bits per heavy atom. The van der Waals surface area contributed by atoms with Crippen molar-refractivity contribution in [1.82, 2.24) is 0 Å². The lowest BCUT2D eigenvalue weighted by molar-refractivity contribution is 0.0785. The van der Waals surface area contributed by atoms with Crippen LogP contribution in [0.3, 0.4) is 0 Å². The summed E-state index contributed by atoms with van der Waals surface area (Å²) in [5.41, 5.74) is 6.52. The first-order valence-corrected chi connectivity index (χ1v) is 10.0. The highest BCUT2D eigenvalue weighted by molar-refractivity contribution is 7.90. The van der Waals surface area contributed by atoms with E-state index in [1.54, 1.807) is 12.1 Å². The van der Waals surface area contributed by atoms with Gasteiger partial charge < -0.3 is 16.2 Å². The van der Waals surface area contributed by atoms with Crippen LogP contribution in [0.25, 0.3) is 0 Å². The van der Waals surface area contributed by atoms with E-state index in [4.69, 9.17) is 5.73 Å². The summed E-state index contributed by atoms with van der Waals surface area (Å²) in [5.74, 6) is -3.20. The van der Waals surface area contributed by atoms with Crippen molar-refractivity contribution in [1.29, 1.82) is 0 Å². The molecule has 9 heteroatoms. The van der Waals surface area contributed by atoms with E-state index >= 15 is 0 Å². The quantitative estimate of drug-likeness (QED) is 0.442. The smallest absolute Gasteiger partial charge is 0.296 e. The number of carbonyl (C=O) groups excluding carboxylic acids is 2. The second-order valence-electron chi connectivity index (χ2n) is 6.80. The van der Waals surface area contributed by atoms with Gasteiger partial charge in [-0.15, -0.1) is 0 Å². The number of carbonyl (C=O) groups is 2.